The molecule has 0 unspecified atom stereocenters. The first-order valence-corrected chi connectivity index (χ1v) is 10.6. The Bertz CT molecular complexity index is 1240. The van der Waals surface area contributed by atoms with E-state index in [-0.39, 0.29) is 24.3 Å². The molecule has 0 aliphatic rings. The number of carbonyl (C=O) groups excluding carboxylic acids is 1. The number of allylic oxidation sites excluding steroid dienone is 4. The van der Waals surface area contributed by atoms with Crippen molar-refractivity contribution in [1.82, 2.24) is 14.1 Å². The number of nitrogens with one attached hydrogen (secondary N) is 2. The minimum Gasteiger partial charge on any atom is -0.461 e. The summed E-state index contributed by atoms with van der Waals surface area (Å²) in [6.07, 6.45) is 6.65. The lowest BCUT2D eigenvalue weighted by atomic mass is 10.2. The molecule has 0 saturated carbocycles. The second-order valence-electron chi connectivity index (χ2n) is 6.65. The summed E-state index contributed by atoms with van der Waals surface area (Å²) in [5.41, 5.74) is 1.74. The Morgan fingerprint density at radius 2 is 1.91 bits per heavy atom. The van der Waals surface area contributed by atoms with Crippen molar-refractivity contribution in [3.63, 3.8) is 0 Å². The number of hydrogen-bond donors (Lipinski definition) is 2. The molecule has 2 N–H and O–H groups in total. The number of H-pyrrole nitrogens is 1. The standard InChI is InChI=1S/C23H24N4O3.C2H6/c1-4-10-16(5-2)14-27-21(24)18-15-26(13-17-11-8-7-9-12-17)20(22(28)30-6-3)19(18)25-23(27)29;1-2/h4-5,7-12,15,24H,1-2,6,13-14H2,3H3,(H,25,29);1-2H3/b16-10+,24-21?;. The van der Waals surface area contributed by atoms with Crippen molar-refractivity contribution in [1.29, 1.82) is 5.41 Å². The first-order valence-electron chi connectivity index (χ1n) is 10.6. The maximum atomic E-state index is 12.7. The lowest BCUT2D eigenvalue weighted by molar-refractivity contribution is 0.0516. The van der Waals surface area contributed by atoms with Crippen LogP contribution in [-0.2, 0) is 17.8 Å². The number of nitrogens with zero attached hydrogens (tertiary/aromatic N) is 2. The van der Waals surface area contributed by atoms with Crippen LogP contribution in [0, 0.1) is 5.41 Å². The zero-order chi connectivity index (χ0) is 23.7. The van der Waals surface area contributed by atoms with Gasteiger partial charge in [0.15, 0.2) is 5.69 Å². The van der Waals surface area contributed by atoms with E-state index in [1.54, 1.807) is 35.9 Å². The van der Waals surface area contributed by atoms with Gasteiger partial charge >= 0.3 is 11.7 Å². The van der Waals surface area contributed by atoms with Crippen LogP contribution in [-0.4, -0.2) is 26.7 Å². The largest absolute Gasteiger partial charge is 0.461 e. The second kappa shape index (κ2) is 11.5. The van der Waals surface area contributed by atoms with Gasteiger partial charge in [0.05, 0.1) is 24.1 Å². The molecular formula is C25H30N4O3. The van der Waals surface area contributed by atoms with E-state index in [1.165, 1.54) is 4.57 Å². The summed E-state index contributed by atoms with van der Waals surface area (Å²) in [5, 5.41) is 9.06. The SMILES string of the molecule is C=C/C=C(\C=C)Cn1c(=O)[nH]c2c(C(=O)OCC)n(Cc3ccccc3)cc2c1=N.CC. The molecule has 7 heteroatoms. The molecule has 0 spiro atoms. The molecule has 0 atom stereocenters. The number of hydrogen-bond acceptors (Lipinski definition) is 4. The number of ether oxygens (including phenoxy) is 1. The first-order chi connectivity index (χ1) is 15.5. The maximum absolute atomic E-state index is 12.7. The van der Waals surface area contributed by atoms with E-state index in [2.05, 4.69) is 18.1 Å². The molecule has 0 aliphatic carbocycles. The van der Waals surface area contributed by atoms with E-state index >= 15 is 0 Å². The number of aromatic nitrogens is 3. The van der Waals surface area contributed by atoms with Crippen molar-refractivity contribution in [2.24, 2.45) is 0 Å². The molecule has 7 nitrogen and oxygen atoms in total. The molecule has 0 radical (unpaired) electrons. The third kappa shape index (κ3) is 5.24. The Morgan fingerprint density at radius 1 is 1.22 bits per heavy atom. The predicted octanol–water partition coefficient (Wildman–Crippen LogP) is 4.16. The Kier molecular flexibility index (Phi) is 8.77. The van der Waals surface area contributed by atoms with E-state index in [4.69, 9.17) is 10.1 Å². The van der Waals surface area contributed by atoms with Crippen molar-refractivity contribution in [3.8, 4) is 0 Å². The van der Waals surface area contributed by atoms with Crippen molar-refractivity contribution in [2.45, 2.75) is 33.9 Å². The zero-order valence-electron chi connectivity index (χ0n) is 18.9. The zero-order valence-corrected chi connectivity index (χ0v) is 18.9. The van der Waals surface area contributed by atoms with Crippen LogP contribution in [0.4, 0.5) is 0 Å². The summed E-state index contributed by atoms with van der Waals surface area (Å²) >= 11 is 0. The molecule has 1 aromatic carbocycles. The molecule has 0 fully saturated rings. The normalized spacial score (nSPS) is 10.9. The maximum Gasteiger partial charge on any atom is 0.357 e. The van der Waals surface area contributed by atoms with Crippen LogP contribution in [0.15, 0.2) is 78.3 Å². The Morgan fingerprint density at radius 3 is 2.50 bits per heavy atom. The fraction of sp³-hybridized carbons (Fsp3) is 0.240. The molecule has 168 valence electrons. The van der Waals surface area contributed by atoms with Crippen molar-refractivity contribution in [3.05, 3.63) is 101 Å². The van der Waals surface area contributed by atoms with E-state index in [0.717, 1.165) is 11.1 Å². The van der Waals surface area contributed by atoms with Gasteiger partial charge in [-0.25, -0.2) is 9.59 Å². The monoisotopic (exact) mass is 434 g/mol. The van der Waals surface area contributed by atoms with Crippen LogP contribution in [0.25, 0.3) is 10.9 Å². The second-order valence-corrected chi connectivity index (χ2v) is 6.65. The van der Waals surface area contributed by atoms with Gasteiger partial charge in [-0.3, -0.25) is 9.98 Å². The highest BCUT2D eigenvalue weighted by Gasteiger charge is 2.21. The van der Waals surface area contributed by atoms with Crippen LogP contribution in [0.5, 0.6) is 0 Å². The molecule has 3 aromatic rings. The summed E-state index contributed by atoms with van der Waals surface area (Å²) in [6, 6.07) is 9.63. The predicted molar refractivity (Wildman–Crippen MR) is 128 cm³/mol. The summed E-state index contributed by atoms with van der Waals surface area (Å²) in [5.74, 6) is -0.547. The van der Waals surface area contributed by atoms with E-state index < -0.39 is 11.7 Å². The van der Waals surface area contributed by atoms with Gasteiger partial charge in [-0.15, -0.1) is 0 Å². The Balaban J connectivity index is 0.00000176. The quantitative estimate of drug-likeness (QED) is 0.412. The molecule has 0 aliphatic heterocycles. The van der Waals surface area contributed by atoms with Crippen LogP contribution in [0.1, 0.15) is 36.8 Å². The van der Waals surface area contributed by atoms with Gasteiger partial charge in [0.2, 0.25) is 0 Å². The number of carbonyl (C=O) groups is 1. The van der Waals surface area contributed by atoms with Crippen LogP contribution in [0.2, 0.25) is 0 Å². The summed E-state index contributed by atoms with van der Waals surface area (Å²) in [6.45, 7) is 13.9. The first kappa shape index (κ1) is 24.4. The summed E-state index contributed by atoms with van der Waals surface area (Å²) in [4.78, 5) is 28.2. The van der Waals surface area contributed by atoms with E-state index in [9.17, 15) is 9.59 Å². The van der Waals surface area contributed by atoms with Gasteiger partial charge in [0.1, 0.15) is 5.49 Å². The average molecular weight is 435 g/mol. The van der Waals surface area contributed by atoms with Gasteiger partial charge in [-0.2, -0.15) is 0 Å². The molecule has 2 aromatic heterocycles. The van der Waals surface area contributed by atoms with Crippen molar-refractivity contribution >= 4 is 16.9 Å². The fourth-order valence-electron chi connectivity index (χ4n) is 3.28. The number of esters is 1. The Labute approximate surface area is 187 Å². The topological polar surface area (TPSA) is 92.9 Å². The number of aromatic amines is 1. The molecule has 0 bridgehead atoms. The minimum absolute atomic E-state index is 0.00271. The highest BCUT2D eigenvalue weighted by Crippen LogP contribution is 2.19. The van der Waals surface area contributed by atoms with E-state index in [0.29, 0.717) is 17.4 Å². The Hall–Kier alpha value is -3.87. The lowest BCUT2D eigenvalue weighted by Crippen LogP contribution is -2.35. The third-order valence-corrected chi connectivity index (χ3v) is 4.68. The van der Waals surface area contributed by atoms with Gasteiger partial charge in [-0.05, 0) is 18.1 Å². The van der Waals surface area contributed by atoms with Gasteiger partial charge < -0.3 is 14.3 Å². The molecule has 3 rings (SSSR count). The van der Waals surface area contributed by atoms with Gasteiger partial charge in [-0.1, -0.05) is 75.6 Å². The van der Waals surface area contributed by atoms with Gasteiger partial charge in [0.25, 0.3) is 0 Å². The molecule has 0 amide bonds. The van der Waals surface area contributed by atoms with Crippen LogP contribution < -0.4 is 11.2 Å². The molecular weight excluding hydrogens is 404 g/mol. The number of benzene rings is 1. The molecule has 2 heterocycles. The van der Waals surface area contributed by atoms with Crippen molar-refractivity contribution < 1.29 is 9.53 Å². The summed E-state index contributed by atoms with van der Waals surface area (Å²) in [7, 11) is 0. The number of fused-ring (bicyclic) bond motifs is 1. The summed E-state index contributed by atoms with van der Waals surface area (Å²) < 4.78 is 8.22. The minimum atomic E-state index is -0.547. The molecule has 0 saturated heterocycles. The third-order valence-electron chi connectivity index (χ3n) is 4.68. The lowest BCUT2D eigenvalue weighted by Gasteiger charge is -2.09. The van der Waals surface area contributed by atoms with Crippen molar-refractivity contribution in [2.75, 3.05) is 6.61 Å². The van der Waals surface area contributed by atoms with Gasteiger partial charge in [0, 0.05) is 12.7 Å². The smallest absolute Gasteiger partial charge is 0.357 e. The van der Waals surface area contributed by atoms with E-state index in [1.807, 2.05) is 44.2 Å². The fourth-order valence-corrected chi connectivity index (χ4v) is 3.28. The van der Waals surface area contributed by atoms with Crippen LogP contribution in [0.3, 0.4) is 0 Å². The average Bonchev–Trinajstić information content (AvgIpc) is 3.16. The molecule has 32 heavy (non-hydrogen) atoms. The van der Waals surface area contributed by atoms with Crippen LogP contribution >= 0.6 is 0 Å². The number of rotatable bonds is 8. The highest BCUT2D eigenvalue weighted by atomic mass is 16.5. The highest BCUT2D eigenvalue weighted by molar-refractivity contribution is 6.01.